The van der Waals surface area contributed by atoms with Crippen molar-refractivity contribution in [2.24, 2.45) is 0 Å². The first-order valence-electron chi connectivity index (χ1n) is 3.27. The van der Waals surface area contributed by atoms with Gasteiger partial charge in [0.25, 0.3) is 0 Å². The van der Waals surface area contributed by atoms with Crippen molar-refractivity contribution in [2.45, 2.75) is 0 Å². The van der Waals surface area contributed by atoms with E-state index < -0.39 is 0 Å². The molecule has 11 heavy (non-hydrogen) atoms. The van der Waals surface area contributed by atoms with Crippen LogP contribution >= 0.6 is 11.3 Å². The number of aliphatic hydroxyl groups is 1. The fourth-order valence-electron chi connectivity index (χ4n) is 0.715. The van der Waals surface area contributed by atoms with E-state index in [-0.39, 0.29) is 6.61 Å². The van der Waals surface area contributed by atoms with Crippen molar-refractivity contribution >= 4 is 21.5 Å². The third-order valence-corrected chi connectivity index (χ3v) is 2.26. The Bertz CT molecular complexity index is 225. The SMILES string of the molecule is CN(CCO)c1cnc(N)s1. The third-order valence-electron chi connectivity index (χ3n) is 1.32. The van der Waals surface area contributed by atoms with E-state index in [0.717, 1.165) is 5.00 Å². The van der Waals surface area contributed by atoms with Crippen molar-refractivity contribution < 1.29 is 5.11 Å². The molecule has 0 saturated carbocycles. The van der Waals surface area contributed by atoms with Gasteiger partial charge in [-0.1, -0.05) is 11.3 Å². The molecule has 0 aliphatic carbocycles. The first-order valence-corrected chi connectivity index (χ1v) is 4.09. The van der Waals surface area contributed by atoms with Crippen LogP contribution in [0.1, 0.15) is 0 Å². The van der Waals surface area contributed by atoms with Crippen molar-refractivity contribution in [1.29, 1.82) is 0 Å². The highest BCUT2D eigenvalue weighted by atomic mass is 32.1. The summed E-state index contributed by atoms with van der Waals surface area (Å²) in [5.41, 5.74) is 5.43. The van der Waals surface area contributed by atoms with Gasteiger partial charge >= 0.3 is 0 Å². The Labute approximate surface area is 69.3 Å². The molecule has 1 aromatic rings. The maximum Gasteiger partial charge on any atom is 0.181 e. The number of nitrogens with zero attached hydrogens (tertiary/aromatic N) is 2. The van der Waals surface area contributed by atoms with Crippen molar-refractivity contribution in [3.63, 3.8) is 0 Å². The zero-order valence-electron chi connectivity index (χ0n) is 6.32. The summed E-state index contributed by atoms with van der Waals surface area (Å²) >= 11 is 1.42. The standard InChI is InChI=1S/C6H11N3OS/c1-9(2-3-10)5-4-8-6(7)11-5/h4,10H,2-3H2,1H3,(H2,7,8). The lowest BCUT2D eigenvalue weighted by molar-refractivity contribution is 0.304. The van der Waals surface area contributed by atoms with Crippen LogP contribution in [0.5, 0.6) is 0 Å². The van der Waals surface area contributed by atoms with Gasteiger partial charge in [0.1, 0.15) is 5.00 Å². The molecular weight excluding hydrogens is 162 g/mol. The number of likely N-dealkylation sites (N-methyl/N-ethyl adjacent to an activating group) is 1. The molecule has 0 spiro atoms. The van der Waals surface area contributed by atoms with Crippen LogP contribution < -0.4 is 10.6 Å². The minimum absolute atomic E-state index is 0.147. The minimum atomic E-state index is 0.147. The normalized spacial score (nSPS) is 10.0. The molecule has 0 aliphatic rings. The summed E-state index contributed by atoms with van der Waals surface area (Å²) in [6.07, 6.45) is 1.70. The summed E-state index contributed by atoms with van der Waals surface area (Å²) in [5.74, 6) is 0. The number of thiazole rings is 1. The van der Waals surface area contributed by atoms with Crippen molar-refractivity contribution in [2.75, 3.05) is 30.8 Å². The molecule has 0 aromatic carbocycles. The number of aromatic nitrogens is 1. The second-order valence-corrected chi connectivity index (χ2v) is 3.22. The van der Waals surface area contributed by atoms with Gasteiger partial charge in [-0.05, 0) is 0 Å². The molecule has 5 heteroatoms. The topological polar surface area (TPSA) is 62.4 Å². The number of nitrogens with two attached hydrogens (primary N) is 1. The smallest absolute Gasteiger partial charge is 0.181 e. The Kier molecular flexibility index (Phi) is 2.67. The average Bonchev–Trinajstić information content (AvgIpc) is 2.36. The zero-order valence-corrected chi connectivity index (χ0v) is 7.14. The van der Waals surface area contributed by atoms with Crippen molar-refractivity contribution in [3.8, 4) is 0 Å². The molecule has 0 radical (unpaired) electrons. The summed E-state index contributed by atoms with van der Waals surface area (Å²) in [6, 6.07) is 0. The quantitative estimate of drug-likeness (QED) is 0.683. The summed E-state index contributed by atoms with van der Waals surface area (Å²) < 4.78 is 0. The molecule has 0 aliphatic heterocycles. The van der Waals surface area contributed by atoms with Gasteiger partial charge in [0, 0.05) is 13.6 Å². The van der Waals surface area contributed by atoms with Crippen molar-refractivity contribution in [3.05, 3.63) is 6.20 Å². The van der Waals surface area contributed by atoms with Gasteiger partial charge in [-0.3, -0.25) is 0 Å². The Balaban J connectivity index is 2.60. The lowest BCUT2D eigenvalue weighted by atomic mass is 10.6. The van der Waals surface area contributed by atoms with Crippen LogP contribution in [-0.2, 0) is 0 Å². The summed E-state index contributed by atoms with van der Waals surface area (Å²) in [4.78, 5) is 5.80. The average molecular weight is 173 g/mol. The number of hydrogen-bond donors (Lipinski definition) is 2. The molecule has 1 heterocycles. The maximum atomic E-state index is 8.62. The predicted molar refractivity (Wildman–Crippen MR) is 46.9 cm³/mol. The Morgan fingerprint density at radius 2 is 2.55 bits per heavy atom. The van der Waals surface area contributed by atoms with Gasteiger partial charge in [0.15, 0.2) is 5.13 Å². The molecule has 0 bridgehead atoms. The van der Waals surface area contributed by atoms with E-state index in [1.165, 1.54) is 11.3 Å². The van der Waals surface area contributed by atoms with E-state index in [1.54, 1.807) is 6.20 Å². The molecule has 0 unspecified atom stereocenters. The number of aliphatic hydroxyl groups excluding tert-OH is 1. The molecule has 1 rings (SSSR count). The predicted octanol–water partition coefficient (Wildman–Crippen LogP) is 0.154. The first-order chi connectivity index (χ1) is 5.24. The molecule has 0 fully saturated rings. The molecule has 0 atom stereocenters. The Morgan fingerprint density at radius 1 is 1.82 bits per heavy atom. The second-order valence-electron chi connectivity index (χ2n) is 2.18. The number of rotatable bonds is 3. The van der Waals surface area contributed by atoms with Crippen LogP contribution in [0.2, 0.25) is 0 Å². The van der Waals surface area contributed by atoms with Crippen LogP contribution in [0.25, 0.3) is 0 Å². The second kappa shape index (κ2) is 3.54. The first kappa shape index (κ1) is 8.29. The van der Waals surface area contributed by atoms with Crippen LogP contribution in [0.15, 0.2) is 6.20 Å². The van der Waals surface area contributed by atoms with Crippen LogP contribution in [0, 0.1) is 0 Å². The van der Waals surface area contributed by atoms with E-state index in [4.69, 9.17) is 10.8 Å². The summed E-state index contributed by atoms with van der Waals surface area (Å²) in [7, 11) is 1.89. The van der Waals surface area contributed by atoms with Gasteiger partial charge in [-0.2, -0.15) is 0 Å². The van der Waals surface area contributed by atoms with Gasteiger partial charge < -0.3 is 15.7 Å². The molecule has 62 valence electrons. The Hall–Kier alpha value is -0.810. The van der Waals surface area contributed by atoms with Gasteiger partial charge in [-0.15, -0.1) is 0 Å². The van der Waals surface area contributed by atoms with Gasteiger partial charge in [0.2, 0.25) is 0 Å². The number of nitrogen functional groups attached to an aromatic ring is 1. The van der Waals surface area contributed by atoms with E-state index in [0.29, 0.717) is 11.7 Å². The highest BCUT2D eigenvalue weighted by Gasteiger charge is 2.02. The fourth-order valence-corrected chi connectivity index (χ4v) is 1.39. The van der Waals surface area contributed by atoms with Crippen LogP contribution in [0.4, 0.5) is 10.1 Å². The summed E-state index contributed by atoms with van der Waals surface area (Å²) in [6.45, 7) is 0.760. The molecule has 1 aromatic heterocycles. The molecular formula is C6H11N3OS. The monoisotopic (exact) mass is 173 g/mol. The largest absolute Gasteiger partial charge is 0.395 e. The third kappa shape index (κ3) is 2.06. The molecule has 3 N–H and O–H groups in total. The van der Waals surface area contributed by atoms with E-state index in [2.05, 4.69) is 4.98 Å². The highest BCUT2D eigenvalue weighted by Crippen LogP contribution is 2.22. The minimum Gasteiger partial charge on any atom is -0.395 e. The molecule has 0 amide bonds. The fraction of sp³-hybridized carbons (Fsp3) is 0.500. The molecule has 4 nitrogen and oxygen atoms in total. The molecule has 0 saturated heterocycles. The van der Waals surface area contributed by atoms with Gasteiger partial charge in [-0.25, -0.2) is 4.98 Å². The van der Waals surface area contributed by atoms with E-state index in [1.807, 2.05) is 11.9 Å². The highest BCUT2D eigenvalue weighted by molar-refractivity contribution is 7.19. The van der Waals surface area contributed by atoms with Crippen LogP contribution in [0.3, 0.4) is 0 Å². The maximum absolute atomic E-state index is 8.62. The lowest BCUT2D eigenvalue weighted by Crippen LogP contribution is -2.19. The van der Waals surface area contributed by atoms with E-state index >= 15 is 0 Å². The van der Waals surface area contributed by atoms with E-state index in [9.17, 15) is 0 Å². The number of hydrogen-bond acceptors (Lipinski definition) is 5. The Morgan fingerprint density at radius 3 is 3.00 bits per heavy atom. The van der Waals surface area contributed by atoms with Crippen LogP contribution in [-0.4, -0.2) is 30.3 Å². The lowest BCUT2D eigenvalue weighted by Gasteiger charge is -2.13. The zero-order chi connectivity index (χ0) is 8.27. The van der Waals surface area contributed by atoms with Crippen molar-refractivity contribution in [1.82, 2.24) is 4.98 Å². The summed E-state index contributed by atoms with van der Waals surface area (Å²) in [5, 5.41) is 10.2. The number of anilines is 2. The van der Waals surface area contributed by atoms with Gasteiger partial charge in [0.05, 0.1) is 12.8 Å².